The van der Waals surface area contributed by atoms with Crippen molar-refractivity contribution in [2.75, 3.05) is 18.5 Å². The van der Waals surface area contributed by atoms with Gasteiger partial charge in [-0.3, -0.25) is 0 Å². The molecule has 4 rings (SSSR count). The second-order valence-electron chi connectivity index (χ2n) is 5.24. The van der Waals surface area contributed by atoms with E-state index < -0.39 is 8.07 Å². The van der Waals surface area contributed by atoms with Crippen molar-refractivity contribution in [1.29, 1.82) is 0 Å². The lowest BCUT2D eigenvalue weighted by molar-refractivity contribution is 1.10. The maximum atomic E-state index is 2.44. The molecule has 2 bridgehead atoms. The molecule has 0 aromatic heterocycles. The zero-order valence-corrected chi connectivity index (χ0v) is 11.4. The van der Waals surface area contributed by atoms with Crippen molar-refractivity contribution >= 4 is 21.2 Å². The standard InChI is InChI=1S/C13H19PSi/c1-12-2-4-13(5-3-12)15-9-6-14(7-10-15)8-11-15/h2-5H,6-11H2,1H3. The lowest BCUT2D eigenvalue weighted by Gasteiger charge is -2.45. The Morgan fingerprint density at radius 1 is 0.933 bits per heavy atom. The molecule has 15 heavy (non-hydrogen) atoms. The summed E-state index contributed by atoms with van der Waals surface area (Å²) in [6.45, 7) is 2.20. The first-order valence-electron chi connectivity index (χ1n) is 6.08. The molecular formula is C13H19PSi. The zero-order chi connectivity index (χ0) is 10.3. The molecule has 0 amide bonds. The third-order valence-electron chi connectivity index (χ3n) is 4.38. The van der Waals surface area contributed by atoms with Gasteiger partial charge in [0.25, 0.3) is 0 Å². The lowest BCUT2D eigenvalue weighted by Crippen LogP contribution is -2.53. The maximum Gasteiger partial charge on any atom is 0.0877 e. The average molecular weight is 234 g/mol. The zero-order valence-electron chi connectivity index (χ0n) is 9.50. The molecule has 0 N–H and O–H groups in total. The van der Waals surface area contributed by atoms with Gasteiger partial charge in [-0.2, -0.15) is 0 Å². The minimum Gasteiger partial charge on any atom is -0.108 e. The van der Waals surface area contributed by atoms with Crippen LogP contribution in [0.3, 0.4) is 0 Å². The SMILES string of the molecule is Cc1ccc([Si]23CCP(CC2)CC3)cc1. The first-order valence-corrected chi connectivity index (χ1v) is 10.6. The van der Waals surface area contributed by atoms with Crippen molar-refractivity contribution in [2.24, 2.45) is 0 Å². The predicted molar refractivity (Wildman–Crippen MR) is 72.5 cm³/mol. The number of hydrogen-bond donors (Lipinski definition) is 0. The summed E-state index contributed by atoms with van der Waals surface area (Å²) in [7, 11) is -0.471. The highest BCUT2D eigenvalue weighted by Crippen LogP contribution is 2.53. The van der Waals surface area contributed by atoms with Crippen LogP contribution in [-0.2, 0) is 0 Å². The van der Waals surface area contributed by atoms with Crippen LogP contribution >= 0.6 is 7.92 Å². The minimum absolute atomic E-state index is 0.503. The van der Waals surface area contributed by atoms with Crippen molar-refractivity contribution in [1.82, 2.24) is 0 Å². The van der Waals surface area contributed by atoms with E-state index in [-0.39, 0.29) is 0 Å². The normalized spacial score (nSPS) is 34.3. The van der Waals surface area contributed by atoms with Gasteiger partial charge < -0.3 is 0 Å². The van der Waals surface area contributed by atoms with Gasteiger partial charge in [-0.25, -0.2) is 0 Å². The number of benzene rings is 1. The molecule has 3 fully saturated rings. The smallest absolute Gasteiger partial charge is 0.0877 e. The predicted octanol–water partition coefficient (Wildman–Crippen LogP) is 3.16. The van der Waals surface area contributed by atoms with E-state index in [0.29, 0.717) is 7.92 Å². The fraction of sp³-hybridized carbons (Fsp3) is 0.538. The third-order valence-corrected chi connectivity index (χ3v) is 13.4. The molecule has 1 aromatic carbocycles. The van der Waals surface area contributed by atoms with Gasteiger partial charge in [-0.1, -0.05) is 35.0 Å². The van der Waals surface area contributed by atoms with Crippen LogP contribution in [0, 0.1) is 6.92 Å². The molecule has 3 aliphatic heterocycles. The van der Waals surface area contributed by atoms with E-state index in [9.17, 15) is 0 Å². The van der Waals surface area contributed by atoms with Gasteiger partial charge in [0.05, 0.1) is 8.07 Å². The second-order valence-corrected chi connectivity index (χ2v) is 12.6. The topological polar surface area (TPSA) is 0 Å². The molecule has 2 heteroatoms. The molecule has 0 unspecified atom stereocenters. The molecule has 3 saturated heterocycles. The van der Waals surface area contributed by atoms with E-state index in [0.717, 1.165) is 0 Å². The van der Waals surface area contributed by atoms with Crippen LogP contribution in [0.2, 0.25) is 18.1 Å². The summed E-state index contributed by atoms with van der Waals surface area (Å²) in [5, 5.41) is 1.77. The van der Waals surface area contributed by atoms with Gasteiger partial charge in [0.2, 0.25) is 0 Å². The van der Waals surface area contributed by atoms with E-state index in [2.05, 4.69) is 31.2 Å². The van der Waals surface area contributed by atoms with Gasteiger partial charge in [0.15, 0.2) is 0 Å². The second kappa shape index (κ2) is 3.71. The summed E-state index contributed by atoms with van der Waals surface area (Å²) < 4.78 is 0. The van der Waals surface area contributed by atoms with E-state index in [1.165, 1.54) is 5.56 Å². The Morgan fingerprint density at radius 2 is 1.47 bits per heavy atom. The fourth-order valence-corrected chi connectivity index (χ4v) is 15.3. The summed E-state index contributed by atoms with van der Waals surface area (Å²) in [6, 6.07) is 14.4. The first-order chi connectivity index (χ1) is 7.28. The number of aryl methyl sites for hydroxylation is 1. The third kappa shape index (κ3) is 1.70. The summed E-state index contributed by atoms with van der Waals surface area (Å²) in [4.78, 5) is 0. The highest BCUT2D eigenvalue weighted by molar-refractivity contribution is 7.59. The number of fused-ring (bicyclic) bond motifs is 3. The molecule has 0 spiro atoms. The summed E-state index contributed by atoms with van der Waals surface area (Å²) in [5.74, 6) is 0. The monoisotopic (exact) mass is 234 g/mol. The highest BCUT2D eigenvalue weighted by Gasteiger charge is 2.43. The van der Waals surface area contributed by atoms with Crippen molar-refractivity contribution < 1.29 is 0 Å². The summed E-state index contributed by atoms with van der Waals surface area (Å²) in [6.07, 6.45) is 4.82. The number of rotatable bonds is 1. The summed E-state index contributed by atoms with van der Waals surface area (Å²) >= 11 is 0. The quantitative estimate of drug-likeness (QED) is 0.517. The van der Waals surface area contributed by atoms with Crippen LogP contribution in [0.1, 0.15) is 5.56 Å². The Hall–Kier alpha value is -0.133. The molecule has 0 aliphatic carbocycles. The van der Waals surface area contributed by atoms with Gasteiger partial charge >= 0.3 is 0 Å². The minimum atomic E-state index is -0.973. The molecule has 0 nitrogen and oxygen atoms in total. The van der Waals surface area contributed by atoms with Crippen LogP contribution < -0.4 is 5.19 Å². The van der Waals surface area contributed by atoms with E-state index in [1.54, 1.807) is 41.8 Å². The Balaban J connectivity index is 1.94. The van der Waals surface area contributed by atoms with Gasteiger partial charge in [0, 0.05) is 0 Å². The Labute approximate surface area is 94.9 Å². The number of hydrogen-bond acceptors (Lipinski definition) is 0. The van der Waals surface area contributed by atoms with Gasteiger partial charge in [0.1, 0.15) is 0 Å². The molecule has 1 aromatic rings. The van der Waals surface area contributed by atoms with E-state index in [4.69, 9.17) is 0 Å². The molecule has 0 radical (unpaired) electrons. The van der Waals surface area contributed by atoms with E-state index >= 15 is 0 Å². The first kappa shape index (κ1) is 10.0. The molecule has 3 heterocycles. The summed E-state index contributed by atoms with van der Waals surface area (Å²) in [5.41, 5.74) is 1.41. The maximum absolute atomic E-state index is 2.44. The van der Waals surface area contributed by atoms with Gasteiger partial charge in [-0.05, 0) is 43.5 Å². The van der Waals surface area contributed by atoms with Crippen molar-refractivity contribution in [3.8, 4) is 0 Å². The van der Waals surface area contributed by atoms with Crippen molar-refractivity contribution in [3.63, 3.8) is 0 Å². The van der Waals surface area contributed by atoms with Crippen molar-refractivity contribution in [3.05, 3.63) is 29.8 Å². The molecule has 3 aliphatic rings. The van der Waals surface area contributed by atoms with Gasteiger partial charge in [-0.15, -0.1) is 7.92 Å². The lowest BCUT2D eigenvalue weighted by atomic mass is 10.2. The highest BCUT2D eigenvalue weighted by atomic mass is 31.1. The molecule has 0 atom stereocenters. The largest absolute Gasteiger partial charge is 0.108 e. The average Bonchev–Trinajstić information content (AvgIpc) is 2.32. The van der Waals surface area contributed by atoms with Crippen LogP contribution in [0.15, 0.2) is 24.3 Å². The van der Waals surface area contributed by atoms with Crippen molar-refractivity contribution in [2.45, 2.75) is 25.1 Å². The Bertz CT molecular complexity index is 336. The molecular weight excluding hydrogens is 215 g/mol. The fourth-order valence-electron chi connectivity index (χ4n) is 3.17. The van der Waals surface area contributed by atoms with Crippen LogP contribution in [0.25, 0.3) is 0 Å². The molecule has 80 valence electrons. The van der Waals surface area contributed by atoms with E-state index in [1.807, 2.05) is 0 Å². The Kier molecular flexibility index (Phi) is 2.49. The Morgan fingerprint density at radius 3 is 2.00 bits per heavy atom. The van der Waals surface area contributed by atoms with Crippen LogP contribution in [0.5, 0.6) is 0 Å². The molecule has 0 saturated carbocycles. The van der Waals surface area contributed by atoms with Crippen LogP contribution in [-0.4, -0.2) is 26.6 Å². The van der Waals surface area contributed by atoms with Crippen LogP contribution in [0.4, 0.5) is 0 Å².